The molecule has 2 aromatic rings. The van der Waals surface area contributed by atoms with E-state index in [0.29, 0.717) is 5.76 Å². The third-order valence-corrected chi connectivity index (χ3v) is 4.60. The van der Waals surface area contributed by atoms with Crippen molar-refractivity contribution in [2.45, 2.75) is 46.1 Å². The second-order valence-corrected chi connectivity index (χ2v) is 8.01. The molecule has 0 amide bonds. The summed E-state index contributed by atoms with van der Waals surface area (Å²) in [6.07, 6.45) is 1.88. The normalized spacial score (nSPS) is 16.6. The van der Waals surface area contributed by atoms with Crippen molar-refractivity contribution in [3.05, 3.63) is 52.8 Å². The minimum atomic E-state index is -0.390. The summed E-state index contributed by atoms with van der Waals surface area (Å²) in [5.74, 6) is 0.231. The van der Waals surface area contributed by atoms with Gasteiger partial charge < -0.3 is 9.47 Å². The summed E-state index contributed by atoms with van der Waals surface area (Å²) in [5, 5.41) is 4.43. The van der Waals surface area contributed by atoms with Gasteiger partial charge in [-0.05, 0) is 29.5 Å². The number of ether oxygens (including phenoxy) is 2. The Morgan fingerprint density at radius 1 is 1.18 bits per heavy atom. The molecule has 0 fully saturated rings. The van der Waals surface area contributed by atoms with Crippen LogP contribution in [0.15, 0.2) is 35.3 Å². The molecule has 1 aromatic carbocycles. The van der Waals surface area contributed by atoms with Crippen LogP contribution in [0.4, 0.5) is 0 Å². The third kappa shape index (κ3) is 4.50. The molecule has 0 bridgehead atoms. The Labute approximate surface area is 165 Å². The van der Waals surface area contributed by atoms with E-state index in [9.17, 15) is 4.79 Å². The summed E-state index contributed by atoms with van der Waals surface area (Å²) in [5.41, 5.74) is 4.99. The van der Waals surface area contributed by atoms with Gasteiger partial charge in [-0.25, -0.2) is 0 Å². The molecule has 3 rings (SSSR count). The summed E-state index contributed by atoms with van der Waals surface area (Å²) in [6, 6.07) is 10.4. The highest BCUT2D eigenvalue weighted by atomic mass is 16.7. The molecule has 6 nitrogen and oxygen atoms in total. The molecular formula is C22H27N3O3. The predicted molar refractivity (Wildman–Crippen MR) is 110 cm³/mol. The molecule has 1 aliphatic heterocycles. The molecule has 0 saturated heterocycles. The van der Waals surface area contributed by atoms with Crippen molar-refractivity contribution in [1.82, 2.24) is 9.78 Å². The Hall–Kier alpha value is -2.89. The first-order valence-corrected chi connectivity index (χ1v) is 9.32. The third-order valence-electron chi connectivity index (χ3n) is 4.60. The Morgan fingerprint density at radius 3 is 2.29 bits per heavy atom. The van der Waals surface area contributed by atoms with Crippen molar-refractivity contribution in [1.29, 1.82) is 0 Å². The van der Waals surface area contributed by atoms with E-state index >= 15 is 0 Å². The van der Waals surface area contributed by atoms with Gasteiger partial charge in [-0.3, -0.25) is 14.5 Å². The molecule has 0 N–H and O–H groups in total. The van der Waals surface area contributed by atoms with Gasteiger partial charge >= 0.3 is 5.97 Å². The molecule has 0 spiro atoms. The van der Waals surface area contributed by atoms with E-state index in [1.807, 2.05) is 26.3 Å². The second-order valence-electron chi connectivity index (χ2n) is 8.01. The van der Waals surface area contributed by atoms with E-state index in [4.69, 9.17) is 9.47 Å². The van der Waals surface area contributed by atoms with Crippen molar-refractivity contribution in [3.63, 3.8) is 0 Å². The number of aromatic nitrogens is 2. The Kier molecular flexibility index (Phi) is 5.40. The van der Waals surface area contributed by atoms with Crippen molar-refractivity contribution in [2.24, 2.45) is 12.0 Å². The smallest absolute Gasteiger partial charge is 0.305 e. The number of aliphatic imine (C=N–C) groups is 1. The summed E-state index contributed by atoms with van der Waals surface area (Å²) in [4.78, 5) is 15.6. The molecule has 1 aliphatic rings. The zero-order valence-corrected chi connectivity index (χ0v) is 17.3. The quantitative estimate of drug-likeness (QED) is 0.433. The molecule has 28 heavy (non-hydrogen) atoms. The topological polar surface area (TPSA) is 65.7 Å². The molecule has 1 atom stereocenters. The molecule has 2 heterocycles. The van der Waals surface area contributed by atoms with E-state index in [1.54, 1.807) is 4.68 Å². The number of hydrogen-bond acceptors (Lipinski definition) is 5. The van der Waals surface area contributed by atoms with E-state index < -0.39 is 0 Å². The number of aryl methyl sites for hydroxylation is 2. The minimum Gasteiger partial charge on any atom is -0.455 e. The number of carbonyl (C=O) groups is 1. The van der Waals surface area contributed by atoms with Crippen molar-refractivity contribution >= 4 is 23.5 Å². The highest BCUT2D eigenvalue weighted by Crippen LogP contribution is 2.35. The van der Waals surface area contributed by atoms with Gasteiger partial charge in [0.05, 0.1) is 5.69 Å². The van der Waals surface area contributed by atoms with Gasteiger partial charge in [-0.15, -0.1) is 0 Å². The van der Waals surface area contributed by atoms with Gasteiger partial charge in [0, 0.05) is 25.8 Å². The number of nitrogens with zero attached hydrogens (tertiary/aromatic N) is 3. The number of hydrogen-bond donors (Lipinski definition) is 0. The van der Waals surface area contributed by atoms with Gasteiger partial charge in [0.15, 0.2) is 5.76 Å². The predicted octanol–water partition coefficient (Wildman–Crippen LogP) is 3.88. The van der Waals surface area contributed by atoms with Crippen LogP contribution < -0.4 is 0 Å². The molecule has 0 saturated carbocycles. The van der Waals surface area contributed by atoms with Crippen molar-refractivity contribution in [3.8, 4) is 0 Å². The molecule has 148 valence electrons. The Morgan fingerprint density at radius 2 is 1.82 bits per heavy atom. The first-order chi connectivity index (χ1) is 13.2. The Balaban J connectivity index is 2.07. The molecule has 0 aliphatic carbocycles. The summed E-state index contributed by atoms with van der Waals surface area (Å²) >= 11 is 0. The fourth-order valence-corrected chi connectivity index (χ4v) is 3.06. The van der Waals surface area contributed by atoms with Crippen LogP contribution in [0, 0.1) is 6.92 Å². The standard InChI is InChI=1S/C22H27N3O3/c1-14-11-19(25(6)24-14)21(28-13-27-15(2)26)20(18-12-23-18)16-7-9-17(10-8-16)22(3,4)5/h7-12,18H,13H2,1-6H3/b21-20+. The van der Waals surface area contributed by atoms with Crippen LogP contribution in [-0.2, 0) is 26.7 Å². The highest BCUT2D eigenvalue weighted by molar-refractivity contribution is 6.03. The average Bonchev–Trinajstić information content (AvgIpc) is 3.37. The number of benzene rings is 1. The van der Waals surface area contributed by atoms with E-state index in [2.05, 4.69) is 55.1 Å². The lowest BCUT2D eigenvalue weighted by molar-refractivity contribution is -0.148. The number of esters is 1. The molecule has 0 radical (unpaired) electrons. The van der Waals surface area contributed by atoms with Gasteiger partial charge in [0.2, 0.25) is 6.79 Å². The lowest BCUT2D eigenvalue weighted by Crippen LogP contribution is -2.12. The lowest BCUT2D eigenvalue weighted by atomic mass is 9.86. The highest BCUT2D eigenvalue weighted by Gasteiger charge is 2.28. The summed E-state index contributed by atoms with van der Waals surface area (Å²) in [7, 11) is 1.87. The van der Waals surface area contributed by atoms with E-state index in [-0.39, 0.29) is 24.2 Å². The summed E-state index contributed by atoms with van der Waals surface area (Å²) in [6.45, 7) is 9.69. The average molecular weight is 381 g/mol. The molecule has 1 unspecified atom stereocenters. The van der Waals surface area contributed by atoms with Crippen LogP contribution in [0.2, 0.25) is 0 Å². The van der Waals surface area contributed by atoms with Crippen LogP contribution in [0.1, 0.15) is 50.2 Å². The van der Waals surface area contributed by atoms with Crippen molar-refractivity contribution < 1.29 is 14.3 Å². The Bertz CT molecular complexity index is 925. The maximum absolute atomic E-state index is 11.2. The fourth-order valence-electron chi connectivity index (χ4n) is 3.06. The van der Waals surface area contributed by atoms with E-state index in [1.165, 1.54) is 12.5 Å². The van der Waals surface area contributed by atoms with Gasteiger partial charge in [0.25, 0.3) is 0 Å². The molecule has 6 heteroatoms. The zero-order chi connectivity index (χ0) is 20.5. The SMILES string of the molecule is CC(=O)OCO/C(=C(\c1ccc(C(C)(C)C)cc1)C1C=N1)c1cc(C)nn1C. The maximum atomic E-state index is 11.2. The first kappa shape index (κ1) is 19.9. The minimum absolute atomic E-state index is 0.0528. The van der Waals surface area contributed by atoms with Crippen LogP contribution in [0.3, 0.4) is 0 Å². The number of carbonyl (C=O) groups excluding carboxylic acids is 1. The van der Waals surface area contributed by atoms with Gasteiger partial charge in [-0.2, -0.15) is 5.10 Å². The largest absolute Gasteiger partial charge is 0.455 e. The van der Waals surface area contributed by atoms with E-state index in [0.717, 1.165) is 22.5 Å². The zero-order valence-electron chi connectivity index (χ0n) is 17.3. The van der Waals surface area contributed by atoms with Crippen LogP contribution in [0.25, 0.3) is 11.3 Å². The summed E-state index contributed by atoms with van der Waals surface area (Å²) < 4.78 is 12.7. The van der Waals surface area contributed by atoms with Gasteiger partial charge in [0.1, 0.15) is 11.7 Å². The lowest BCUT2D eigenvalue weighted by Gasteiger charge is -2.20. The second kappa shape index (κ2) is 7.62. The number of rotatable bonds is 6. The monoisotopic (exact) mass is 381 g/mol. The van der Waals surface area contributed by atoms with Crippen LogP contribution in [0.5, 0.6) is 0 Å². The molecular weight excluding hydrogens is 354 g/mol. The van der Waals surface area contributed by atoms with Crippen molar-refractivity contribution in [2.75, 3.05) is 6.79 Å². The maximum Gasteiger partial charge on any atom is 0.305 e. The van der Waals surface area contributed by atoms with Crippen LogP contribution in [-0.4, -0.2) is 34.8 Å². The fraction of sp³-hybridized carbons (Fsp3) is 0.409. The van der Waals surface area contributed by atoms with Gasteiger partial charge in [-0.1, -0.05) is 45.0 Å². The van der Waals surface area contributed by atoms with Crippen LogP contribution >= 0.6 is 0 Å². The first-order valence-electron chi connectivity index (χ1n) is 9.32. The molecule has 1 aromatic heterocycles.